The van der Waals surface area contributed by atoms with Crippen molar-refractivity contribution in [1.82, 2.24) is 0 Å². The Bertz CT molecular complexity index is 377. The van der Waals surface area contributed by atoms with E-state index in [1.54, 1.807) is 18.2 Å². The average molecular weight is 224 g/mol. The zero-order valence-electron chi connectivity index (χ0n) is 8.38. The van der Waals surface area contributed by atoms with Crippen LogP contribution in [0.4, 0.5) is 0 Å². The Morgan fingerprint density at radius 3 is 2.38 bits per heavy atom. The van der Waals surface area contributed by atoms with Crippen LogP contribution in [0.3, 0.4) is 0 Å². The molecule has 1 aromatic rings. The Hall–Kier alpha value is -2.08. The molecule has 0 amide bonds. The van der Waals surface area contributed by atoms with Crippen LogP contribution in [-0.2, 0) is 4.79 Å². The molecule has 1 rings (SSSR count). The Morgan fingerprint density at radius 1 is 1.44 bits per heavy atom. The average Bonchev–Trinajstić information content (AvgIpc) is 2.26. The molecule has 1 unspecified atom stereocenters. The molecule has 5 N–H and O–H groups in total. The van der Waals surface area contributed by atoms with Crippen LogP contribution in [-0.4, -0.2) is 34.2 Å². The van der Waals surface area contributed by atoms with Gasteiger partial charge in [0.05, 0.1) is 0 Å². The number of ether oxygens (including phenoxy) is 1. The number of aliphatic carboxylic acids is 1. The summed E-state index contributed by atoms with van der Waals surface area (Å²) in [7, 11) is 0. The summed E-state index contributed by atoms with van der Waals surface area (Å²) in [6, 6.07) is 8.02. The molecule has 0 fully saturated rings. The number of nitrogens with two attached hydrogens (primary N) is 1. The first-order valence-corrected chi connectivity index (χ1v) is 4.46. The summed E-state index contributed by atoms with van der Waals surface area (Å²) in [5.74, 6) is -2.05. The minimum Gasteiger partial charge on any atom is -0.478 e. The van der Waals surface area contributed by atoms with Gasteiger partial charge in [-0.25, -0.2) is 4.79 Å². The Morgan fingerprint density at radius 2 is 2.00 bits per heavy atom. The zero-order valence-corrected chi connectivity index (χ0v) is 8.38. The number of aliphatic hydroxyl groups is 1. The highest BCUT2D eigenvalue weighted by Gasteiger charge is 2.44. The van der Waals surface area contributed by atoms with Gasteiger partial charge in [0.2, 0.25) is 0 Å². The third-order valence-electron chi connectivity index (χ3n) is 2.04. The van der Waals surface area contributed by atoms with Crippen LogP contribution in [0, 0.1) is 5.41 Å². The number of carbonyl (C=O) groups is 1. The predicted molar refractivity (Wildman–Crippen MR) is 56.4 cm³/mol. The Labute approximate surface area is 91.8 Å². The SMILES string of the molecule is N=C(N)C(CO)(Oc1ccccc1)C(=O)O. The molecule has 16 heavy (non-hydrogen) atoms. The highest BCUT2D eigenvalue weighted by atomic mass is 16.5. The molecule has 0 aliphatic carbocycles. The van der Waals surface area contributed by atoms with Crippen molar-refractivity contribution >= 4 is 11.8 Å². The van der Waals surface area contributed by atoms with E-state index in [2.05, 4.69) is 0 Å². The maximum Gasteiger partial charge on any atom is 0.358 e. The molecule has 0 spiro atoms. The molecule has 0 saturated heterocycles. The number of amidine groups is 1. The quantitative estimate of drug-likeness (QED) is 0.409. The van der Waals surface area contributed by atoms with E-state index in [1.165, 1.54) is 12.1 Å². The highest BCUT2D eigenvalue weighted by Crippen LogP contribution is 2.18. The number of carboxylic acids is 1. The van der Waals surface area contributed by atoms with E-state index in [0.717, 1.165) is 0 Å². The number of aliphatic hydroxyl groups excluding tert-OH is 1. The first-order valence-electron chi connectivity index (χ1n) is 4.46. The second kappa shape index (κ2) is 4.63. The fourth-order valence-electron chi connectivity index (χ4n) is 1.09. The van der Waals surface area contributed by atoms with E-state index in [4.69, 9.17) is 26.1 Å². The summed E-state index contributed by atoms with van der Waals surface area (Å²) in [6.07, 6.45) is 0. The number of hydrogen-bond acceptors (Lipinski definition) is 4. The van der Waals surface area contributed by atoms with Crippen LogP contribution in [0.15, 0.2) is 30.3 Å². The first kappa shape index (κ1) is 12.0. The minimum absolute atomic E-state index is 0.217. The number of carboxylic acid groups (broad SMARTS) is 1. The summed E-state index contributed by atoms with van der Waals surface area (Å²) in [4.78, 5) is 11.0. The van der Waals surface area contributed by atoms with Crippen molar-refractivity contribution in [3.63, 3.8) is 0 Å². The molecule has 0 aromatic heterocycles. The molecular formula is C10H12N2O4. The highest BCUT2D eigenvalue weighted by molar-refractivity contribution is 6.06. The number of para-hydroxylation sites is 1. The predicted octanol–water partition coefficient (Wildman–Crippen LogP) is -0.183. The molecule has 1 atom stereocenters. The summed E-state index contributed by atoms with van der Waals surface area (Å²) in [6.45, 7) is -0.910. The van der Waals surface area contributed by atoms with Gasteiger partial charge in [-0.15, -0.1) is 0 Å². The van der Waals surface area contributed by atoms with Crippen molar-refractivity contribution in [2.45, 2.75) is 5.60 Å². The van der Waals surface area contributed by atoms with Gasteiger partial charge in [0.1, 0.15) is 12.4 Å². The topological polar surface area (TPSA) is 117 Å². The minimum atomic E-state index is -2.22. The van der Waals surface area contributed by atoms with Gasteiger partial charge < -0.3 is 20.7 Å². The second-order valence-corrected chi connectivity index (χ2v) is 3.12. The number of nitrogens with one attached hydrogen (secondary N) is 1. The van der Waals surface area contributed by atoms with Crippen LogP contribution in [0.1, 0.15) is 0 Å². The number of benzene rings is 1. The van der Waals surface area contributed by atoms with Crippen LogP contribution >= 0.6 is 0 Å². The summed E-state index contributed by atoms with van der Waals surface area (Å²) >= 11 is 0. The molecule has 86 valence electrons. The maximum atomic E-state index is 11.0. The standard InChI is InChI=1S/C10H12N2O4/c11-8(12)10(6-13,9(14)15)16-7-4-2-1-3-5-7/h1-5,13H,6H2,(H3,11,12)(H,14,15). The van der Waals surface area contributed by atoms with Crippen LogP contribution in [0.5, 0.6) is 5.75 Å². The van der Waals surface area contributed by atoms with Crippen molar-refractivity contribution in [1.29, 1.82) is 5.41 Å². The van der Waals surface area contributed by atoms with E-state index in [-0.39, 0.29) is 5.75 Å². The maximum absolute atomic E-state index is 11.0. The molecular weight excluding hydrogens is 212 g/mol. The lowest BCUT2D eigenvalue weighted by atomic mass is 10.0. The lowest BCUT2D eigenvalue weighted by Gasteiger charge is -2.26. The van der Waals surface area contributed by atoms with Crippen LogP contribution < -0.4 is 10.5 Å². The smallest absolute Gasteiger partial charge is 0.358 e. The van der Waals surface area contributed by atoms with E-state index in [9.17, 15) is 4.79 Å². The normalized spacial score (nSPS) is 13.8. The molecule has 0 heterocycles. The van der Waals surface area contributed by atoms with E-state index < -0.39 is 24.0 Å². The fraction of sp³-hybridized carbons (Fsp3) is 0.200. The first-order chi connectivity index (χ1) is 7.53. The van der Waals surface area contributed by atoms with Crippen molar-refractivity contribution in [2.75, 3.05) is 6.61 Å². The van der Waals surface area contributed by atoms with E-state index in [1.807, 2.05) is 0 Å². The monoisotopic (exact) mass is 224 g/mol. The van der Waals surface area contributed by atoms with E-state index in [0.29, 0.717) is 0 Å². The van der Waals surface area contributed by atoms with Gasteiger partial charge in [0.15, 0.2) is 5.84 Å². The van der Waals surface area contributed by atoms with Gasteiger partial charge >= 0.3 is 5.97 Å². The molecule has 0 saturated carbocycles. The van der Waals surface area contributed by atoms with Crippen LogP contribution in [0.2, 0.25) is 0 Å². The Balaban J connectivity index is 3.04. The molecule has 0 radical (unpaired) electrons. The lowest BCUT2D eigenvalue weighted by Crippen LogP contribution is -2.57. The molecule has 6 nitrogen and oxygen atoms in total. The molecule has 0 aliphatic rings. The molecule has 0 bridgehead atoms. The van der Waals surface area contributed by atoms with Gasteiger partial charge in [-0.1, -0.05) is 18.2 Å². The van der Waals surface area contributed by atoms with Gasteiger partial charge in [-0.05, 0) is 12.1 Å². The fourth-order valence-corrected chi connectivity index (χ4v) is 1.09. The third kappa shape index (κ3) is 2.12. The van der Waals surface area contributed by atoms with Crippen molar-refractivity contribution in [3.05, 3.63) is 30.3 Å². The summed E-state index contributed by atoms with van der Waals surface area (Å²) < 4.78 is 5.08. The summed E-state index contributed by atoms with van der Waals surface area (Å²) in [5.41, 5.74) is 2.93. The van der Waals surface area contributed by atoms with Gasteiger partial charge in [-0.3, -0.25) is 5.41 Å². The second-order valence-electron chi connectivity index (χ2n) is 3.12. The van der Waals surface area contributed by atoms with Gasteiger partial charge in [-0.2, -0.15) is 0 Å². The van der Waals surface area contributed by atoms with Gasteiger partial charge in [0, 0.05) is 0 Å². The van der Waals surface area contributed by atoms with Gasteiger partial charge in [0.25, 0.3) is 5.60 Å². The molecule has 6 heteroatoms. The lowest BCUT2D eigenvalue weighted by molar-refractivity contribution is -0.152. The van der Waals surface area contributed by atoms with Crippen molar-refractivity contribution in [2.24, 2.45) is 5.73 Å². The molecule has 0 aliphatic heterocycles. The van der Waals surface area contributed by atoms with Crippen molar-refractivity contribution < 1.29 is 19.7 Å². The number of rotatable bonds is 5. The Kier molecular flexibility index (Phi) is 3.47. The third-order valence-corrected chi connectivity index (χ3v) is 2.04. The van der Waals surface area contributed by atoms with E-state index >= 15 is 0 Å². The largest absolute Gasteiger partial charge is 0.478 e. The number of hydrogen-bond donors (Lipinski definition) is 4. The molecule has 1 aromatic carbocycles. The van der Waals surface area contributed by atoms with Crippen LogP contribution in [0.25, 0.3) is 0 Å². The van der Waals surface area contributed by atoms with Crippen molar-refractivity contribution in [3.8, 4) is 5.75 Å². The zero-order chi connectivity index (χ0) is 12.2. The summed E-state index contributed by atoms with van der Waals surface area (Å²) in [5, 5.41) is 25.2.